The molecule has 3 nitrogen and oxygen atoms in total. The maximum atomic E-state index is 13.2. The molecular formula is C23H17ClF3NO2S. The van der Waals surface area contributed by atoms with E-state index < -0.39 is 17.1 Å². The lowest BCUT2D eigenvalue weighted by molar-refractivity contribution is -0.137. The molecule has 3 aromatic rings. The van der Waals surface area contributed by atoms with E-state index in [-0.39, 0.29) is 5.91 Å². The monoisotopic (exact) mass is 463 g/mol. The molecule has 0 N–H and O–H groups in total. The van der Waals surface area contributed by atoms with Gasteiger partial charge in [-0.3, -0.25) is 9.69 Å². The fraction of sp³-hybridized carbons (Fsp3) is 0.174. The van der Waals surface area contributed by atoms with Crippen LogP contribution in [0.25, 0.3) is 0 Å². The van der Waals surface area contributed by atoms with Gasteiger partial charge < -0.3 is 4.74 Å². The van der Waals surface area contributed by atoms with Crippen molar-refractivity contribution < 1.29 is 22.7 Å². The summed E-state index contributed by atoms with van der Waals surface area (Å²) in [5, 5.41) is 0.0658. The summed E-state index contributed by atoms with van der Waals surface area (Å²) in [4.78, 5) is 14.3. The van der Waals surface area contributed by atoms with Gasteiger partial charge in [0.1, 0.15) is 16.9 Å². The maximum Gasteiger partial charge on any atom is 0.416 e. The van der Waals surface area contributed by atoms with Crippen molar-refractivity contribution in [2.24, 2.45) is 0 Å². The summed E-state index contributed by atoms with van der Waals surface area (Å²) in [6, 6.07) is 19.0. The Hall–Kier alpha value is -2.64. The second-order valence-corrected chi connectivity index (χ2v) is 8.53. The van der Waals surface area contributed by atoms with Crippen LogP contribution in [0.2, 0.25) is 5.02 Å². The Morgan fingerprint density at radius 2 is 1.61 bits per heavy atom. The summed E-state index contributed by atoms with van der Waals surface area (Å²) in [5.74, 6) is 1.60. The van der Waals surface area contributed by atoms with Gasteiger partial charge in [0.05, 0.1) is 5.56 Å². The minimum absolute atomic E-state index is 0.132. The van der Waals surface area contributed by atoms with Gasteiger partial charge in [-0.1, -0.05) is 23.7 Å². The van der Waals surface area contributed by atoms with Crippen molar-refractivity contribution in [2.75, 3.05) is 10.7 Å². The SMILES string of the molecule is O=C1CCSC(c2cccc(C(F)(F)F)c2)N1c1ccc(Oc2ccc(Cl)cc2)cc1. The fourth-order valence-electron chi connectivity index (χ4n) is 3.29. The molecular weight excluding hydrogens is 447 g/mol. The first kappa shape index (κ1) is 21.6. The molecule has 0 radical (unpaired) electrons. The fourth-order valence-corrected chi connectivity index (χ4v) is 4.66. The van der Waals surface area contributed by atoms with Crippen LogP contribution in [0, 0.1) is 0 Å². The third-order valence-electron chi connectivity index (χ3n) is 4.76. The smallest absolute Gasteiger partial charge is 0.416 e. The largest absolute Gasteiger partial charge is 0.457 e. The topological polar surface area (TPSA) is 29.5 Å². The Morgan fingerprint density at radius 1 is 0.968 bits per heavy atom. The van der Waals surface area contributed by atoms with Crippen LogP contribution in [0.15, 0.2) is 72.8 Å². The third-order valence-corrected chi connectivity index (χ3v) is 6.25. The summed E-state index contributed by atoms with van der Waals surface area (Å²) in [5.41, 5.74) is 0.313. The molecule has 0 aliphatic carbocycles. The molecule has 0 aromatic heterocycles. The molecule has 1 unspecified atom stereocenters. The van der Waals surface area contributed by atoms with Gasteiger partial charge in [0.25, 0.3) is 0 Å². The third kappa shape index (κ3) is 4.99. The number of carbonyl (C=O) groups is 1. The molecule has 1 heterocycles. The molecule has 3 aromatic carbocycles. The first-order valence-corrected chi connectivity index (χ1v) is 10.9. The summed E-state index contributed by atoms with van der Waals surface area (Å²) >= 11 is 7.32. The molecule has 1 aliphatic rings. The second kappa shape index (κ2) is 8.85. The van der Waals surface area contributed by atoms with Crippen LogP contribution >= 0.6 is 23.4 Å². The highest BCUT2D eigenvalue weighted by molar-refractivity contribution is 7.99. The Kier molecular flexibility index (Phi) is 6.16. The van der Waals surface area contributed by atoms with Crippen molar-refractivity contribution in [3.05, 3.63) is 88.9 Å². The van der Waals surface area contributed by atoms with Crippen LogP contribution in [0.3, 0.4) is 0 Å². The van der Waals surface area contributed by atoms with Crippen LogP contribution in [0.5, 0.6) is 11.5 Å². The van der Waals surface area contributed by atoms with Gasteiger partial charge in [0, 0.05) is 22.9 Å². The highest BCUT2D eigenvalue weighted by Crippen LogP contribution is 2.42. The lowest BCUT2D eigenvalue weighted by atomic mass is 10.1. The van der Waals surface area contributed by atoms with Crippen molar-refractivity contribution in [3.63, 3.8) is 0 Å². The molecule has 1 atom stereocenters. The Labute approximate surface area is 186 Å². The van der Waals surface area contributed by atoms with E-state index in [2.05, 4.69) is 0 Å². The quantitative estimate of drug-likeness (QED) is 0.406. The van der Waals surface area contributed by atoms with Crippen LogP contribution in [-0.2, 0) is 11.0 Å². The van der Waals surface area contributed by atoms with Gasteiger partial charge >= 0.3 is 6.18 Å². The van der Waals surface area contributed by atoms with Crippen LogP contribution in [-0.4, -0.2) is 11.7 Å². The number of rotatable bonds is 4. The molecule has 31 heavy (non-hydrogen) atoms. The number of carbonyl (C=O) groups excluding carboxylic acids is 1. The number of anilines is 1. The zero-order chi connectivity index (χ0) is 22.0. The van der Waals surface area contributed by atoms with E-state index in [0.29, 0.717) is 39.9 Å². The number of hydrogen-bond donors (Lipinski definition) is 0. The molecule has 1 saturated heterocycles. The molecule has 0 spiro atoms. The standard InChI is InChI=1S/C23H17ClF3NO2S/c24-17-4-8-19(9-5-17)30-20-10-6-18(7-11-20)28-21(29)12-13-31-22(28)15-2-1-3-16(14-15)23(25,26)27/h1-11,14,22H,12-13H2. The maximum absolute atomic E-state index is 13.2. The molecule has 0 bridgehead atoms. The minimum Gasteiger partial charge on any atom is -0.457 e. The zero-order valence-corrected chi connectivity index (χ0v) is 17.7. The summed E-state index contributed by atoms with van der Waals surface area (Å²) in [7, 11) is 0. The molecule has 160 valence electrons. The van der Waals surface area contributed by atoms with Gasteiger partial charge in [0.2, 0.25) is 5.91 Å². The Balaban J connectivity index is 1.60. The van der Waals surface area contributed by atoms with Crippen LogP contribution < -0.4 is 9.64 Å². The van der Waals surface area contributed by atoms with Crippen LogP contribution in [0.1, 0.15) is 22.9 Å². The number of benzene rings is 3. The van der Waals surface area contributed by atoms with E-state index in [0.717, 1.165) is 12.1 Å². The van der Waals surface area contributed by atoms with E-state index >= 15 is 0 Å². The van der Waals surface area contributed by atoms with Crippen LogP contribution in [0.4, 0.5) is 18.9 Å². The summed E-state index contributed by atoms with van der Waals surface area (Å²) in [6.07, 6.45) is -4.12. The lowest BCUT2D eigenvalue weighted by Crippen LogP contribution is -2.37. The van der Waals surface area contributed by atoms with Gasteiger partial charge in [0.15, 0.2) is 0 Å². The normalized spacial score (nSPS) is 17.0. The molecule has 1 fully saturated rings. The second-order valence-electron chi connectivity index (χ2n) is 6.91. The van der Waals surface area contributed by atoms with Crippen molar-refractivity contribution in [1.29, 1.82) is 0 Å². The Morgan fingerprint density at radius 3 is 2.26 bits per heavy atom. The van der Waals surface area contributed by atoms with E-state index in [1.807, 2.05) is 0 Å². The number of ether oxygens (including phenoxy) is 1. The predicted molar refractivity (Wildman–Crippen MR) is 117 cm³/mol. The number of alkyl halides is 3. The number of amides is 1. The average molecular weight is 464 g/mol. The first-order valence-electron chi connectivity index (χ1n) is 9.45. The molecule has 0 saturated carbocycles. The van der Waals surface area contributed by atoms with Crippen molar-refractivity contribution in [2.45, 2.75) is 18.0 Å². The number of hydrogen-bond acceptors (Lipinski definition) is 3. The minimum atomic E-state index is -4.44. The zero-order valence-electron chi connectivity index (χ0n) is 16.1. The molecule has 1 aliphatic heterocycles. The highest BCUT2D eigenvalue weighted by Gasteiger charge is 2.34. The molecule has 8 heteroatoms. The highest BCUT2D eigenvalue weighted by atomic mass is 35.5. The van der Waals surface area contributed by atoms with E-state index in [1.165, 1.54) is 17.8 Å². The van der Waals surface area contributed by atoms with Gasteiger partial charge in [-0.25, -0.2) is 0 Å². The van der Waals surface area contributed by atoms with Crippen molar-refractivity contribution in [3.8, 4) is 11.5 Å². The number of nitrogens with zero attached hydrogens (tertiary/aromatic N) is 1. The first-order chi connectivity index (χ1) is 14.8. The number of halogens is 4. The Bertz CT molecular complexity index is 1070. The summed E-state index contributed by atoms with van der Waals surface area (Å²) in [6.45, 7) is 0. The predicted octanol–water partition coefficient (Wildman–Crippen LogP) is 7.32. The molecule has 4 rings (SSSR count). The van der Waals surface area contributed by atoms with Gasteiger partial charge in [-0.15, -0.1) is 11.8 Å². The van der Waals surface area contributed by atoms with E-state index in [9.17, 15) is 18.0 Å². The van der Waals surface area contributed by atoms with E-state index in [4.69, 9.17) is 16.3 Å². The lowest BCUT2D eigenvalue weighted by Gasteiger charge is -2.35. The van der Waals surface area contributed by atoms with Crippen molar-refractivity contribution >= 4 is 35.0 Å². The summed E-state index contributed by atoms with van der Waals surface area (Å²) < 4.78 is 45.3. The average Bonchev–Trinajstić information content (AvgIpc) is 2.75. The van der Waals surface area contributed by atoms with E-state index in [1.54, 1.807) is 59.5 Å². The van der Waals surface area contributed by atoms with Crippen molar-refractivity contribution in [1.82, 2.24) is 0 Å². The van der Waals surface area contributed by atoms with Gasteiger partial charge in [-0.05, 0) is 66.2 Å². The van der Waals surface area contributed by atoms with Gasteiger partial charge in [-0.2, -0.15) is 13.2 Å². The molecule has 1 amide bonds. The number of thioether (sulfide) groups is 1.